The first-order chi connectivity index (χ1) is 14.6. The van der Waals surface area contributed by atoms with Crippen molar-refractivity contribution < 1.29 is 4.74 Å². The summed E-state index contributed by atoms with van der Waals surface area (Å²) in [5, 5.41) is 7.79. The molecule has 0 aliphatic carbocycles. The van der Waals surface area contributed by atoms with Crippen molar-refractivity contribution in [2.45, 2.75) is 19.0 Å². The number of benzene rings is 1. The Morgan fingerprint density at radius 3 is 2.43 bits per heavy atom. The monoisotopic (exact) mass is 400 g/mol. The van der Waals surface area contributed by atoms with E-state index in [1.54, 1.807) is 31.9 Å². The molecule has 0 amide bonds. The molecular weight excluding hydrogens is 376 g/mol. The third-order valence-electron chi connectivity index (χ3n) is 5.08. The van der Waals surface area contributed by atoms with Gasteiger partial charge in [-0.05, 0) is 31.7 Å². The van der Waals surface area contributed by atoms with Crippen LogP contribution in [-0.2, 0) is 6.42 Å². The molecule has 30 heavy (non-hydrogen) atoms. The molecule has 0 aliphatic heterocycles. The Morgan fingerprint density at radius 2 is 1.73 bits per heavy atom. The van der Waals surface area contributed by atoms with E-state index < -0.39 is 5.66 Å². The summed E-state index contributed by atoms with van der Waals surface area (Å²) in [6.07, 6.45) is 7.62. The average Bonchev–Trinajstić information content (AvgIpc) is 2.79. The van der Waals surface area contributed by atoms with Gasteiger partial charge in [-0.2, -0.15) is 0 Å². The van der Waals surface area contributed by atoms with Crippen LogP contribution in [0.5, 0.6) is 5.75 Å². The molecule has 152 valence electrons. The van der Waals surface area contributed by atoms with Crippen LogP contribution in [0.25, 0.3) is 22.3 Å². The lowest BCUT2D eigenvalue weighted by molar-refractivity contribution is 0.417. The number of anilines is 1. The predicted molar refractivity (Wildman–Crippen MR) is 118 cm³/mol. The smallest absolute Gasteiger partial charge is 0.162 e. The number of likely N-dealkylation sites (N-methyl/N-ethyl adjacent to an activating group) is 1. The number of hydrogen-bond acceptors (Lipinski definition) is 7. The first-order valence-corrected chi connectivity index (χ1v) is 9.73. The highest BCUT2D eigenvalue weighted by atomic mass is 16.5. The summed E-state index contributed by atoms with van der Waals surface area (Å²) in [7, 11) is 3.56. The summed E-state index contributed by atoms with van der Waals surface area (Å²) in [6.45, 7) is 2.10. The van der Waals surface area contributed by atoms with Crippen molar-refractivity contribution in [2.75, 3.05) is 19.5 Å². The van der Waals surface area contributed by atoms with Crippen molar-refractivity contribution in [1.29, 1.82) is 0 Å². The van der Waals surface area contributed by atoms with E-state index >= 15 is 0 Å². The maximum Gasteiger partial charge on any atom is 0.162 e. The van der Waals surface area contributed by atoms with E-state index in [0.29, 0.717) is 22.9 Å². The Balaban J connectivity index is 1.83. The fourth-order valence-corrected chi connectivity index (χ4v) is 3.39. The number of aromatic nitrogens is 4. The van der Waals surface area contributed by atoms with Crippen molar-refractivity contribution in [1.82, 2.24) is 25.3 Å². The fourth-order valence-electron chi connectivity index (χ4n) is 3.39. The second-order valence-corrected chi connectivity index (χ2v) is 7.24. The van der Waals surface area contributed by atoms with E-state index in [4.69, 9.17) is 14.7 Å². The van der Waals surface area contributed by atoms with Crippen molar-refractivity contribution in [3.63, 3.8) is 0 Å². The molecule has 0 fully saturated rings. The normalized spacial score (nSPS) is 13.0. The van der Waals surface area contributed by atoms with Crippen LogP contribution in [0, 0.1) is 0 Å². The predicted octanol–water partition coefficient (Wildman–Crippen LogP) is 3.69. The second kappa shape index (κ2) is 8.42. The highest BCUT2D eigenvalue weighted by Gasteiger charge is 2.25. The molecule has 2 N–H and O–H groups in total. The molecule has 4 aromatic rings. The lowest BCUT2D eigenvalue weighted by Crippen LogP contribution is -2.49. The van der Waals surface area contributed by atoms with Gasteiger partial charge in [-0.1, -0.05) is 30.3 Å². The third kappa shape index (κ3) is 4.06. The zero-order valence-electron chi connectivity index (χ0n) is 17.3. The number of fused-ring (bicyclic) bond motifs is 1. The van der Waals surface area contributed by atoms with Crippen LogP contribution in [0.2, 0.25) is 0 Å². The minimum atomic E-state index is -0.452. The highest BCUT2D eigenvalue weighted by molar-refractivity contribution is 5.95. The number of ether oxygens (including phenoxy) is 1. The molecule has 7 heteroatoms. The summed E-state index contributed by atoms with van der Waals surface area (Å²) < 4.78 is 5.57. The summed E-state index contributed by atoms with van der Waals surface area (Å²) in [6, 6.07) is 14.1. The number of nitrogens with one attached hydrogen (secondary N) is 2. The Hall–Kier alpha value is -3.58. The van der Waals surface area contributed by atoms with E-state index in [9.17, 15) is 0 Å². The maximum absolute atomic E-state index is 5.57. The molecule has 0 saturated carbocycles. The van der Waals surface area contributed by atoms with Gasteiger partial charge >= 0.3 is 0 Å². The fraction of sp³-hybridized carbons (Fsp3) is 0.217. The number of hydrogen-bond donors (Lipinski definition) is 2. The standard InChI is InChI=1S/C23H24N6O/c1-23(24-2,13-16-7-5-4-6-8-16)29-22-20-18(14-26-15-19(20)30-3)27-21(28-22)17-9-11-25-12-10-17/h4-12,14-15,24H,13H2,1-3H3,(H,27,28,29)/t23-/m0/s1. The summed E-state index contributed by atoms with van der Waals surface area (Å²) >= 11 is 0. The molecule has 0 aliphatic rings. The minimum absolute atomic E-state index is 0.452. The van der Waals surface area contributed by atoms with Gasteiger partial charge in [0.2, 0.25) is 0 Å². The van der Waals surface area contributed by atoms with Gasteiger partial charge in [0.05, 0.1) is 36.1 Å². The maximum atomic E-state index is 5.57. The van der Waals surface area contributed by atoms with Gasteiger partial charge in [-0.15, -0.1) is 0 Å². The van der Waals surface area contributed by atoms with Gasteiger partial charge in [-0.25, -0.2) is 9.97 Å². The van der Waals surface area contributed by atoms with Crippen LogP contribution < -0.4 is 15.4 Å². The first kappa shape index (κ1) is 19.7. The molecule has 0 spiro atoms. The van der Waals surface area contributed by atoms with Crippen molar-refractivity contribution in [3.8, 4) is 17.1 Å². The lowest BCUT2D eigenvalue weighted by Gasteiger charge is -2.32. The number of pyridine rings is 2. The molecule has 1 aromatic carbocycles. The zero-order valence-corrected chi connectivity index (χ0v) is 17.3. The summed E-state index contributed by atoms with van der Waals surface area (Å²) in [4.78, 5) is 17.9. The van der Waals surface area contributed by atoms with Gasteiger partial charge in [0.25, 0.3) is 0 Å². The Kier molecular flexibility index (Phi) is 5.54. The Morgan fingerprint density at radius 1 is 0.967 bits per heavy atom. The lowest BCUT2D eigenvalue weighted by atomic mass is 10.0. The second-order valence-electron chi connectivity index (χ2n) is 7.24. The molecule has 0 bridgehead atoms. The Bertz CT molecular complexity index is 1140. The van der Waals surface area contributed by atoms with Crippen LogP contribution in [0.15, 0.2) is 67.3 Å². The van der Waals surface area contributed by atoms with Crippen LogP contribution in [-0.4, -0.2) is 39.8 Å². The SMILES string of the molecule is CN[C@](C)(Cc1ccccc1)Nc1nc(-c2ccncc2)nc2cncc(OC)c12. The van der Waals surface area contributed by atoms with E-state index in [1.807, 2.05) is 37.4 Å². The van der Waals surface area contributed by atoms with Gasteiger partial charge < -0.3 is 10.1 Å². The highest BCUT2D eigenvalue weighted by Crippen LogP contribution is 2.33. The van der Waals surface area contributed by atoms with Gasteiger partial charge in [0.1, 0.15) is 11.6 Å². The largest absolute Gasteiger partial charge is 0.494 e. The van der Waals surface area contributed by atoms with Crippen LogP contribution in [0.3, 0.4) is 0 Å². The van der Waals surface area contributed by atoms with Crippen molar-refractivity contribution >= 4 is 16.7 Å². The number of methoxy groups -OCH3 is 1. The molecule has 3 aromatic heterocycles. The Labute approximate surface area is 175 Å². The summed E-state index contributed by atoms with van der Waals surface area (Å²) in [5.41, 5.74) is 2.35. The third-order valence-corrected chi connectivity index (χ3v) is 5.08. The number of rotatable bonds is 7. The zero-order chi connectivity index (χ0) is 21.0. The molecule has 0 radical (unpaired) electrons. The molecule has 1 atom stereocenters. The van der Waals surface area contributed by atoms with E-state index in [-0.39, 0.29) is 0 Å². The van der Waals surface area contributed by atoms with Crippen molar-refractivity contribution in [3.05, 3.63) is 72.8 Å². The van der Waals surface area contributed by atoms with E-state index in [0.717, 1.165) is 17.4 Å². The summed E-state index contributed by atoms with van der Waals surface area (Å²) in [5.74, 6) is 1.90. The van der Waals surface area contributed by atoms with Gasteiger partial charge in [-0.3, -0.25) is 15.3 Å². The van der Waals surface area contributed by atoms with Crippen LogP contribution in [0.4, 0.5) is 5.82 Å². The van der Waals surface area contributed by atoms with Crippen LogP contribution >= 0.6 is 0 Å². The molecule has 0 saturated heterocycles. The first-order valence-electron chi connectivity index (χ1n) is 9.73. The van der Waals surface area contributed by atoms with Gasteiger partial charge in [0, 0.05) is 24.4 Å². The van der Waals surface area contributed by atoms with Gasteiger partial charge in [0.15, 0.2) is 5.82 Å². The topological polar surface area (TPSA) is 84.9 Å². The van der Waals surface area contributed by atoms with E-state index in [1.165, 1.54) is 5.56 Å². The van der Waals surface area contributed by atoms with Crippen LogP contribution in [0.1, 0.15) is 12.5 Å². The molecule has 3 heterocycles. The van der Waals surface area contributed by atoms with Crippen molar-refractivity contribution in [2.24, 2.45) is 0 Å². The number of nitrogens with zero attached hydrogens (tertiary/aromatic N) is 4. The quantitative estimate of drug-likeness (QED) is 0.458. The minimum Gasteiger partial charge on any atom is -0.494 e. The van der Waals surface area contributed by atoms with E-state index in [2.05, 4.69) is 39.7 Å². The molecule has 0 unspecified atom stereocenters. The molecule has 7 nitrogen and oxygen atoms in total. The molecular formula is C23H24N6O. The molecule has 4 rings (SSSR count). The average molecular weight is 400 g/mol.